The highest BCUT2D eigenvalue weighted by Gasteiger charge is 2.34. The molecule has 38 heavy (non-hydrogen) atoms. The van der Waals surface area contributed by atoms with Crippen molar-refractivity contribution in [3.05, 3.63) is 81.1 Å². The molecule has 2 amide bonds. The largest absolute Gasteiger partial charge is 0.459 e. The lowest BCUT2D eigenvalue weighted by Crippen LogP contribution is -2.55. The van der Waals surface area contributed by atoms with Gasteiger partial charge >= 0.3 is 5.97 Å². The number of benzene rings is 2. The molecule has 0 bridgehead atoms. The van der Waals surface area contributed by atoms with E-state index in [1.165, 1.54) is 0 Å². The summed E-state index contributed by atoms with van der Waals surface area (Å²) in [6.07, 6.45) is -0.381. The van der Waals surface area contributed by atoms with Crippen LogP contribution in [-0.2, 0) is 4.74 Å². The predicted octanol–water partition coefficient (Wildman–Crippen LogP) is 5.31. The van der Waals surface area contributed by atoms with Crippen molar-refractivity contribution in [3.63, 3.8) is 0 Å². The van der Waals surface area contributed by atoms with Gasteiger partial charge in [0, 0.05) is 46.8 Å². The van der Waals surface area contributed by atoms with Gasteiger partial charge in [-0.2, -0.15) is 0 Å². The summed E-state index contributed by atoms with van der Waals surface area (Å²) >= 11 is 12.2. The lowest BCUT2D eigenvalue weighted by molar-refractivity contribution is 0.0360. The van der Waals surface area contributed by atoms with E-state index >= 15 is 0 Å². The van der Waals surface area contributed by atoms with Crippen LogP contribution < -0.4 is 0 Å². The molecule has 0 saturated carbocycles. The number of aromatic nitrogens is 2. The molecule has 1 unspecified atom stereocenters. The van der Waals surface area contributed by atoms with E-state index in [4.69, 9.17) is 27.9 Å². The molecule has 4 rings (SSSR count). The Bertz CT molecular complexity index is 1360. The number of nitrogens with zero attached hydrogens (tertiary/aromatic N) is 4. The standard InChI is InChI=1S/C28H28Cl2N4O4/c1-16(2)38-28(37)23-18(4)31-25(19-8-6-5-7-9-19)32-24(23)27(36)33-10-11-34(17(3)15-33)26(35)20-12-21(29)14-22(30)13-20/h5-9,12-14,16-17H,10-11,15H2,1-4H3. The Morgan fingerprint density at radius 3 is 2.24 bits per heavy atom. The van der Waals surface area contributed by atoms with Crippen LogP contribution in [0.3, 0.4) is 0 Å². The average Bonchev–Trinajstić information content (AvgIpc) is 2.86. The SMILES string of the molecule is Cc1nc(-c2ccccc2)nc(C(=O)N2CCN(C(=O)c3cc(Cl)cc(Cl)c3)C(C)C2)c1C(=O)OC(C)C. The van der Waals surface area contributed by atoms with E-state index in [-0.39, 0.29) is 48.9 Å². The lowest BCUT2D eigenvalue weighted by Gasteiger charge is -2.40. The quantitative estimate of drug-likeness (QED) is 0.397. The Morgan fingerprint density at radius 2 is 1.63 bits per heavy atom. The highest BCUT2D eigenvalue weighted by atomic mass is 35.5. The first-order valence-electron chi connectivity index (χ1n) is 12.3. The third-order valence-corrected chi connectivity index (χ3v) is 6.59. The molecule has 1 saturated heterocycles. The predicted molar refractivity (Wildman–Crippen MR) is 146 cm³/mol. The third kappa shape index (κ3) is 5.97. The van der Waals surface area contributed by atoms with Gasteiger partial charge in [0.1, 0.15) is 11.3 Å². The van der Waals surface area contributed by atoms with Crippen LogP contribution in [0.4, 0.5) is 0 Å². The zero-order chi connectivity index (χ0) is 27.6. The first-order valence-corrected chi connectivity index (χ1v) is 13.0. The van der Waals surface area contributed by atoms with Gasteiger partial charge in [-0.1, -0.05) is 53.5 Å². The second-order valence-electron chi connectivity index (χ2n) is 9.43. The number of carbonyl (C=O) groups excluding carboxylic acids is 3. The van der Waals surface area contributed by atoms with Gasteiger partial charge in [-0.3, -0.25) is 9.59 Å². The molecule has 8 nitrogen and oxygen atoms in total. The molecular weight excluding hydrogens is 527 g/mol. The number of ether oxygens (including phenoxy) is 1. The summed E-state index contributed by atoms with van der Waals surface area (Å²) in [5.74, 6) is -0.958. The van der Waals surface area contributed by atoms with Gasteiger partial charge in [-0.05, 0) is 45.9 Å². The fourth-order valence-electron chi connectivity index (χ4n) is 4.40. The summed E-state index contributed by atoms with van der Waals surface area (Å²) in [6, 6.07) is 13.6. The third-order valence-electron chi connectivity index (χ3n) is 6.16. The average molecular weight is 555 g/mol. The second-order valence-corrected chi connectivity index (χ2v) is 10.3. The molecule has 3 aromatic rings. The number of carbonyl (C=O) groups is 3. The monoisotopic (exact) mass is 554 g/mol. The van der Waals surface area contributed by atoms with Gasteiger partial charge in [0.25, 0.3) is 11.8 Å². The molecule has 1 fully saturated rings. The number of hydrogen-bond donors (Lipinski definition) is 0. The van der Waals surface area contributed by atoms with E-state index in [1.54, 1.807) is 48.8 Å². The molecule has 0 aliphatic carbocycles. The molecule has 2 heterocycles. The van der Waals surface area contributed by atoms with Crippen LogP contribution in [0.2, 0.25) is 10.0 Å². The Balaban J connectivity index is 1.63. The number of piperazine rings is 1. The van der Waals surface area contributed by atoms with Crippen molar-refractivity contribution in [1.82, 2.24) is 19.8 Å². The summed E-state index contributed by atoms with van der Waals surface area (Å²) < 4.78 is 5.41. The summed E-state index contributed by atoms with van der Waals surface area (Å²) in [5, 5.41) is 0.743. The summed E-state index contributed by atoms with van der Waals surface area (Å²) in [5.41, 5.74) is 1.48. The molecule has 0 spiro atoms. The van der Waals surface area contributed by atoms with E-state index in [2.05, 4.69) is 9.97 Å². The first-order chi connectivity index (χ1) is 18.0. The zero-order valence-corrected chi connectivity index (χ0v) is 23.1. The maximum atomic E-state index is 13.8. The fraction of sp³-hybridized carbons (Fsp3) is 0.321. The molecule has 1 aromatic heterocycles. The van der Waals surface area contributed by atoms with Gasteiger partial charge in [0.15, 0.2) is 5.82 Å². The van der Waals surface area contributed by atoms with Crippen molar-refractivity contribution >= 4 is 41.0 Å². The van der Waals surface area contributed by atoms with Crippen LogP contribution in [0.5, 0.6) is 0 Å². The van der Waals surface area contributed by atoms with Crippen LogP contribution in [0.25, 0.3) is 11.4 Å². The number of esters is 1. The second kappa shape index (κ2) is 11.5. The van der Waals surface area contributed by atoms with Crippen LogP contribution in [-0.4, -0.2) is 69.3 Å². The number of rotatable bonds is 5. The Labute approximate surface area is 231 Å². The molecule has 0 N–H and O–H groups in total. The number of hydrogen-bond acceptors (Lipinski definition) is 6. The maximum absolute atomic E-state index is 13.8. The number of aryl methyl sites for hydroxylation is 1. The Kier molecular flexibility index (Phi) is 8.33. The highest BCUT2D eigenvalue weighted by Crippen LogP contribution is 2.25. The van der Waals surface area contributed by atoms with Crippen LogP contribution in [0, 0.1) is 6.92 Å². The zero-order valence-electron chi connectivity index (χ0n) is 21.6. The minimum atomic E-state index is -0.653. The summed E-state index contributed by atoms with van der Waals surface area (Å²) in [4.78, 5) is 52.3. The van der Waals surface area contributed by atoms with Crippen molar-refractivity contribution in [2.75, 3.05) is 19.6 Å². The molecular formula is C28H28Cl2N4O4. The lowest BCUT2D eigenvalue weighted by atomic mass is 10.1. The van der Waals surface area contributed by atoms with Crippen LogP contribution in [0.15, 0.2) is 48.5 Å². The molecule has 10 heteroatoms. The molecule has 198 valence electrons. The smallest absolute Gasteiger partial charge is 0.342 e. The number of amides is 2. The van der Waals surface area contributed by atoms with Crippen molar-refractivity contribution in [2.45, 2.75) is 39.8 Å². The highest BCUT2D eigenvalue weighted by molar-refractivity contribution is 6.35. The molecule has 2 aromatic carbocycles. The minimum Gasteiger partial charge on any atom is -0.459 e. The topological polar surface area (TPSA) is 92.7 Å². The van der Waals surface area contributed by atoms with Gasteiger partial charge in [-0.25, -0.2) is 14.8 Å². The van der Waals surface area contributed by atoms with Crippen LogP contribution in [0.1, 0.15) is 57.7 Å². The van der Waals surface area contributed by atoms with Crippen molar-refractivity contribution < 1.29 is 19.1 Å². The maximum Gasteiger partial charge on any atom is 0.342 e. The Morgan fingerprint density at radius 1 is 0.974 bits per heavy atom. The Hall–Kier alpha value is -3.49. The van der Waals surface area contributed by atoms with Gasteiger partial charge < -0.3 is 14.5 Å². The molecule has 1 atom stereocenters. The van der Waals surface area contributed by atoms with Gasteiger partial charge in [0.2, 0.25) is 0 Å². The molecule has 0 radical (unpaired) electrons. The van der Waals surface area contributed by atoms with E-state index in [0.29, 0.717) is 27.1 Å². The number of halogens is 2. The van der Waals surface area contributed by atoms with E-state index in [0.717, 1.165) is 5.56 Å². The minimum absolute atomic E-state index is 0.0180. The summed E-state index contributed by atoms with van der Waals surface area (Å²) in [6.45, 7) is 7.79. The van der Waals surface area contributed by atoms with E-state index in [1.807, 2.05) is 37.3 Å². The van der Waals surface area contributed by atoms with Crippen molar-refractivity contribution in [3.8, 4) is 11.4 Å². The molecule has 1 aliphatic heterocycles. The first kappa shape index (κ1) is 27.5. The van der Waals surface area contributed by atoms with Crippen molar-refractivity contribution in [2.24, 2.45) is 0 Å². The fourth-order valence-corrected chi connectivity index (χ4v) is 4.92. The molecule has 1 aliphatic rings. The van der Waals surface area contributed by atoms with Crippen molar-refractivity contribution in [1.29, 1.82) is 0 Å². The summed E-state index contributed by atoms with van der Waals surface area (Å²) in [7, 11) is 0. The van der Waals surface area contributed by atoms with E-state index in [9.17, 15) is 14.4 Å². The van der Waals surface area contributed by atoms with Gasteiger partial charge in [0.05, 0.1) is 11.8 Å². The van der Waals surface area contributed by atoms with Crippen LogP contribution >= 0.6 is 23.2 Å². The normalized spacial score (nSPS) is 15.5. The van der Waals surface area contributed by atoms with Gasteiger partial charge in [-0.15, -0.1) is 0 Å². The van der Waals surface area contributed by atoms with E-state index < -0.39 is 11.9 Å².